The maximum atomic E-state index is 14.5. The Kier molecular flexibility index (Phi) is 7.23. The Morgan fingerprint density at radius 3 is 2.70 bits per heavy atom. The van der Waals surface area contributed by atoms with Crippen molar-refractivity contribution < 1.29 is 13.9 Å². The third kappa shape index (κ3) is 5.55. The van der Waals surface area contributed by atoms with E-state index in [-0.39, 0.29) is 17.1 Å². The van der Waals surface area contributed by atoms with Gasteiger partial charge >= 0.3 is 0 Å². The van der Waals surface area contributed by atoms with Gasteiger partial charge in [-0.15, -0.1) is 10.2 Å². The number of likely N-dealkylation sites (tertiary alicyclic amines) is 1. The van der Waals surface area contributed by atoms with Crippen LogP contribution in [0.2, 0.25) is 0 Å². The SMILES string of the molecule is CC(=O)NC1CC(C(C(C)C)N2CC3(CCN(c4ncnnc4Oc4ccc(F)cc4-c4ncncc4C4CC4)C3)C2)C1. The van der Waals surface area contributed by atoms with Crippen LogP contribution in [-0.4, -0.2) is 74.2 Å². The number of rotatable bonds is 9. The van der Waals surface area contributed by atoms with Crippen molar-refractivity contribution in [3.05, 3.63) is 48.4 Å². The fourth-order valence-electron chi connectivity index (χ4n) is 7.69. The van der Waals surface area contributed by atoms with E-state index in [1.165, 1.54) is 24.8 Å². The molecule has 1 amide bonds. The Labute approximate surface area is 251 Å². The Morgan fingerprint density at radius 1 is 1.14 bits per heavy atom. The first-order chi connectivity index (χ1) is 20.8. The fourth-order valence-corrected chi connectivity index (χ4v) is 7.69. The number of ether oxygens (including phenoxy) is 1. The summed E-state index contributed by atoms with van der Waals surface area (Å²) in [5.74, 6) is 2.71. The third-order valence-electron chi connectivity index (χ3n) is 9.72. The van der Waals surface area contributed by atoms with Gasteiger partial charge in [0, 0.05) is 67.9 Å². The Hall–Kier alpha value is -3.73. The van der Waals surface area contributed by atoms with Crippen LogP contribution in [0.25, 0.3) is 11.3 Å². The summed E-state index contributed by atoms with van der Waals surface area (Å²) in [4.78, 5) is 29.7. The molecule has 2 aromatic heterocycles. The molecule has 2 saturated carbocycles. The van der Waals surface area contributed by atoms with Crippen LogP contribution in [0.1, 0.15) is 64.4 Å². The molecule has 2 aliphatic heterocycles. The molecule has 4 aliphatic rings. The summed E-state index contributed by atoms with van der Waals surface area (Å²) in [6.45, 7) is 10.1. The van der Waals surface area contributed by atoms with Crippen LogP contribution in [-0.2, 0) is 4.79 Å². The van der Waals surface area contributed by atoms with Crippen LogP contribution in [0.15, 0.2) is 37.1 Å². The lowest BCUT2D eigenvalue weighted by molar-refractivity contribution is -0.121. The molecule has 2 aliphatic carbocycles. The molecule has 226 valence electrons. The van der Waals surface area contributed by atoms with Gasteiger partial charge in [-0.3, -0.25) is 9.69 Å². The predicted molar refractivity (Wildman–Crippen MR) is 159 cm³/mol. The molecule has 0 radical (unpaired) electrons. The first-order valence-corrected chi connectivity index (χ1v) is 15.5. The summed E-state index contributed by atoms with van der Waals surface area (Å²) in [6.07, 6.45) is 10.1. The molecule has 43 heavy (non-hydrogen) atoms. The fraction of sp³-hybridized carbons (Fsp3) is 0.562. The molecule has 1 aromatic carbocycles. The summed E-state index contributed by atoms with van der Waals surface area (Å²) in [5, 5.41) is 11.4. The summed E-state index contributed by atoms with van der Waals surface area (Å²) < 4.78 is 20.9. The maximum absolute atomic E-state index is 14.5. The highest BCUT2D eigenvalue weighted by atomic mass is 19.1. The molecule has 11 heteroatoms. The van der Waals surface area contributed by atoms with Crippen molar-refractivity contribution in [3.63, 3.8) is 0 Å². The minimum absolute atomic E-state index is 0.0637. The summed E-state index contributed by atoms with van der Waals surface area (Å²) in [5.41, 5.74) is 2.48. The average Bonchev–Trinajstić information content (AvgIpc) is 3.70. The third-order valence-corrected chi connectivity index (χ3v) is 9.72. The highest BCUT2D eigenvalue weighted by Gasteiger charge is 2.53. The molecule has 0 bridgehead atoms. The molecule has 4 fully saturated rings. The van der Waals surface area contributed by atoms with Gasteiger partial charge in [0.2, 0.25) is 5.91 Å². The molecular formula is C32H39FN8O2. The zero-order valence-electron chi connectivity index (χ0n) is 25.0. The van der Waals surface area contributed by atoms with Crippen LogP contribution in [0.5, 0.6) is 11.6 Å². The molecular weight excluding hydrogens is 547 g/mol. The predicted octanol–water partition coefficient (Wildman–Crippen LogP) is 4.59. The van der Waals surface area contributed by atoms with Crippen molar-refractivity contribution >= 4 is 11.7 Å². The van der Waals surface area contributed by atoms with Crippen LogP contribution in [0, 0.1) is 23.1 Å². The minimum Gasteiger partial charge on any atom is -0.434 e. The van der Waals surface area contributed by atoms with E-state index < -0.39 is 0 Å². The van der Waals surface area contributed by atoms with E-state index in [0.717, 1.165) is 63.8 Å². The lowest BCUT2D eigenvalue weighted by Gasteiger charge is -2.57. The topological polar surface area (TPSA) is 109 Å². The van der Waals surface area contributed by atoms with Crippen LogP contribution < -0.4 is 15.0 Å². The van der Waals surface area contributed by atoms with E-state index in [0.29, 0.717) is 58.5 Å². The molecule has 1 unspecified atom stereocenters. The number of carbonyl (C=O) groups is 1. The van der Waals surface area contributed by atoms with Gasteiger partial charge in [-0.25, -0.2) is 19.3 Å². The quantitative estimate of drug-likeness (QED) is 0.385. The second-order valence-electron chi connectivity index (χ2n) is 13.4. The van der Waals surface area contributed by atoms with E-state index >= 15 is 0 Å². The highest BCUT2D eigenvalue weighted by molar-refractivity contribution is 5.73. The number of anilines is 1. The largest absolute Gasteiger partial charge is 0.434 e. The van der Waals surface area contributed by atoms with Crippen LogP contribution >= 0.6 is 0 Å². The number of hydrogen-bond donors (Lipinski definition) is 1. The Morgan fingerprint density at radius 2 is 1.95 bits per heavy atom. The van der Waals surface area contributed by atoms with E-state index in [1.807, 2.05) is 6.20 Å². The monoisotopic (exact) mass is 586 g/mol. The molecule has 10 nitrogen and oxygen atoms in total. The van der Waals surface area contributed by atoms with Crippen molar-refractivity contribution in [1.82, 2.24) is 35.4 Å². The number of aromatic nitrogens is 5. The van der Waals surface area contributed by atoms with Gasteiger partial charge in [0.15, 0.2) is 5.82 Å². The van der Waals surface area contributed by atoms with Crippen molar-refractivity contribution in [2.24, 2.45) is 17.3 Å². The lowest BCUT2D eigenvalue weighted by Crippen LogP contribution is -2.65. The van der Waals surface area contributed by atoms with Gasteiger partial charge in [0.25, 0.3) is 5.88 Å². The zero-order chi connectivity index (χ0) is 29.7. The number of benzene rings is 1. The van der Waals surface area contributed by atoms with E-state index in [2.05, 4.69) is 54.1 Å². The van der Waals surface area contributed by atoms with Crippen LogP contribution in [0.3, 0.4) is 0 Å². The maximum Gasteiger partial charge on any atom is 0.282 e. The molecule has 4 heterocycles. The molecule has 1 N–H and O–H groups in total. The van der Waals surface area contributed by atoms with E-state index in [1.54, 1.807) is 13.0 Å². The van der Waals surface area contributed by atoms with Gasteiger partial charge < -0.3 is 15.0 Å². The lowest BCUT2D eigenvalue weighted by atomic mass is 9.68. The molecule has 1 spiro atoms. The number of amides is 1. The van der Waals surface area contributed by atoms with E-state index in [4.69, 9.17) is 4.74 Å². The number of hydrogen-bond acceptors (Lipinski definition) is 9. The van der Waals surface area contributed by atoms with E-state index in [9.17, 15) is 9.18 Å². The first-order valence-electron chi connectivity index (χ1n) is 15.5. The van der Waals surface area contributed by atoms with Crippen molar-refractivity contribution in [3.8, 4) is 22.9 Å². The first kappa shape index (κ1) is 28.1. The number of nitrogens with one attached hydrogen (secondary N) is 1. The van der Waals surface area contributed by atoms with Gasteiger partial charge in [-0.2, -0.15) is 0 Å². The standard InChI is InChI=1S/C32H39FN8O2/c1-19(2)29(22-10-24(11-22)38-20(3)42)41-15-32(16-41)8-9-40(14-32)30-31(39-37-18-36-30)43-27-7-6-23(33)12-25(27)28-26(21-4-5-21)13-34-17-35-28/h6-7,12-13,17-19,21-22,24,29H,4-5,8-11,14-16H2,1-3H3,(H,38,42). The number of nitrogens with zero attached hydrogens (tertiary/aromatic N) is 7. The van der Waals surface area contributed by atoms with Crippen molar-refractivity contribution in [2.45, 2.75) is 70.9 Å². The Balaban J connectivity index is 1.06. The molecule has 3 aromatic rings. The van der Waals surface area contributed by atoms with Gasteiger partial charge in [-0.05, 0) is 68.1 Å². The highest BCUT2D eigenvalue weighted by Crippen LogP contribution is 2.48. The smallest absolute Gasteiger partial charge is 0.282 e. The molecule has 1 atom stereocenters. The minimum atomic E-state index is -0.358. The number of carbonyl (C=O) groups excluding carboxylic acids is 1. The van der Waals surface area contributed by atoms with Crippen molar-refractivity contribution in [2.75, 3.05) is 31.1 Å². The van der Waals surface area contributed by atoms with Gasteiger partial charge in [0.05, 0.1) is 5.69 Å². The van der Waals surface area contributed by atoms with Crippen LogP contribution in [0.4, 0.5) is 10.2 Å². The van der Waals surface area contributed by atoms with Crippen molar-refractivity contribution in [1.29, 1.82) is 0 Å². The number of halogens is 1. The van der Waals surface area contributed by atoms with Gasteiger partial charge in [-0.1, -0.05) is 13.8 Å². The molecule has 7 rings (SSSR count). The summed E-state index contributed by atoms with van der Waals surface area (Å²) in [6, 6.07) is 5.33. The average molecular weight is 587 g/mol. The van der Waals surface area contributed by atoms with Gasteiger partial charge in [0.1, 0.15) is 24.2 Å². The summed E-state index contributed by atoms with van der Waals surface area (Å²) >= 11 is 0. The zero-order valence-corrected chi connectivity index (χ0v) is 25.0. The summed E-state index contributed by atoms with van der Waals surface area (Å²) in [7, 11) is 0. The Bertz CT molecular complexity index is 1500. The second-order valence-corrected chi connectivity index (χ2v) is 13.4. The normalized spacial score (nSPS) is 23.6. The second kappa shape index (κ2) is 11.1. The molecule has 2 saturated heterocycles.